The Hall–Kier alpha value is -3.23. The van der Waals surface area contributed by atoms with Gasteiger partial charge in [0.25, 0.3) is 0 Å². The molecule has 0 radical (unpaired) electrons. The van der Waals surface area contributed by atoms with E-state index in [1.165, 1.54) is 25.8 Å². The van der Waals surface area contributed by atoms with E-state index in [1.54, 1.807) is 6.07 Å². The van der Waals surface area contributed by atoms with Gasteiger partial charge in [0.1, 0.15) is 25.1 Å². The number of rotatable bonds is 8. The molecule has 3 rings (SSSR count). The summed E-state index contributed by atoms with van der Waals surface area (Å²) in [5.41, 5.74) is 4.68. The quantitative estimate of drug-likeness (QED) is 0.255. The van der Waals surface area contributed by atoms with E-state index in [0.717, 1.165) is 27.3 Å². The maximum Gasteiger partial charge on any atom is 0.360 e. The van der Waals surface area contributed by atoms with Crippen LogP contribution in [-0.2, 0) is 25.8 Å². The van der Waals surface area contributed by atoms with Crippen molar-refractivity contribution in [3.05, 3.63) is 75.9 Å². The van der Waals surface area contributed by atoms with Crippen molar-refractivity contribution in [1.82, 2.24) is 4.37 Å². The average molecular weight is 472 g/mol. The molecule has 32 heavy (non-hydrogen) atoms. The number of ether oxygens (including phenoxy) is 1. The summed E-state index contributed by atoms with van der Waals surface area (Å²) in [5, 5.41) is 8.73. The molecule has 0 aliphatic carbocycles. The topological polar surface area (TPSA) is 82.4 Å². The Morgan fingerprint density at radius 1 is 1.12 bits per heavy atom. The van der Waals surface area contributed by atoms with Gasteiger partial charge >= 0.3 is 5.97 Å². The van der Waals surface area contributed by atoms with Crippen LogP contribution in [-0.4, -0.2) is 36.0 Å². The zero-order valence-corrected chi connectivity index (χ0v) is 19.7. The third kappa shape index (κ3) is 5.52. The molecule has 2 aromatic carbocycles. The summed E-state index contributed by atoms with van der Waals surface area (Å²) in [5.74, 6) is -0.601. The van der Waals surface area contributed by atoms with Gasteiger partial charge in [-0.25, -0.2) is 4.79 Å². The molecule has 9 heteroatoms. The molecule has 1 aromatic heterocycles. The lowest BCUT2D eigenvalue weighted by molar-refractivity contribution is -0.132. The highest BCUT2D eigenvalue weighted by Gasteiger charge is 2.20. The lowest BCUT2D eigenvalue weighted by Crippen LogP contribution is -2.20. The summed E-state index contributed by atoms with van der Waals surface area (Å²) in [4.78, 5) is 23.6. The van der Waals surface area contributed by atoms with Gasteiger partial charge in [0.2, 0.25) is 0 Å². The molecule has 0 saturated carbocycles. The van der Waals surface area contributed by atoms with Gasteiger partial charge in [-0.2, -0.15) is 4.37 Å². The fourth-order valence-corrected chi connectivity index (χ4v) is 3.85. The Kier molecular flexibility index (Phi) is 7.97. The van der Waals surface area contributed by atoms with Crippen LogP contribution in [0.1, 0.15) is 29.3 Å². The van der Waals surface area contributed by atoms with Crippen LogP contribution in [0.25, 0.3) is 10.4 Å². The first kappa shape index (κ1) is 23.4. The minimum atomic E-state index is -0.601. The number of esters is 1. The van der Waals surface area contributed by atoms with Crippen molar-refractivity contribution in [2.75, 3.05) is 14.2 Å². The van der Waals surface area contributed by atoms with Gasteiger partial charge in [-0.05, 0) is 54.7 Å². The van der Waals surface area contributed by atoms with E-state index < -0.39 is 5.97 Å². The number of aromatic nitrogens is 1. The zero-order valence-electron chi connectivity index (χ0n) is 18.1. The van der Waals surface area contributed by atoms with E-state index >= 15 is 0 Å². The SMILES string of the molecule is CO/N=C(/C(=O)OC)c1cccc(C)c1CO/N=C(\C)c1cc(-c2ccc(Cl)cc2)sn1. The van der Waals surface area contributed by atoms with Gasteiger partial charge < -0.3 is 14.4 Å². The van der Waals surface area contributed by atoms with Crippen molar-refractivity contribution in [2.45, 2.75) is 20.5 Å². The summed E-state index contributed by atoms with van der Waals surface area (Å²) in [6.07, 6.45) is 0. The predicted molar refractivity (Wildman–Crippen MR) is 126 cm³/mol. The maximum atomic E-state index is 12.2. The zero-order chi connectivity index (χ0) is 23.1. The number of nitrogens with zero attached hydrogens (tertiary/aromatic N) is 3. The molecule has 1 heterocycles. The number of oxime groups is 2. The molecule has 0 amide bonds. The van der Waals surface area contributed by atoms with Crippen molar-refractivity contribution in [3.63, 3.8) is 0 Å². The second kappa shape index (κ2) is 10.9. The van der Waals surface area contributed by atoms with Crippen LogP contribution in [0, 0.1) is 6.92 Å². The summed E-state index contributed by atoms with van der Waals surface area (Å²) >= 11 is 7.34. The maximum absolute atomic E-state index is 12.2. The number of hydrogen-bond acceptors (Lipinski definition) is 8. The first-order valence-corrected chi connectivity index (χ1v) is 10.8. The molecular weight excluding hydrogens is 450 g/mol. The number of halogens is 1. The van der Waals surface area contributed by atoms with Gasteiger partial charge in [0.15, 0.2) is 5.71 Å². The van der Waals surface area contributed by atoms with Crippen molar-refractivity contribution in [3.8, 4) is 10.4 Å². The smallest absolute Gasteiger partial charge is 0.360 e. The van der Waals surface area contributed by atoms with Crippen LogP contribution in [0.2, 0.25) is 5.02 Å². The van der Waals surface area contributed by atoms with Crippen LogP contribution >= 0.6 is 23.1 Å². The highest BCUT2D eigenvalue weighted by Crippen LogP contribution is 2.26. The van der Waals surface area contributed by atoms with Crippen molar-refractivity contribution >= 4 is 40.5 Å². The third-order valence-electron chi connectivity index (χ3n) is 4.65. The molecule has 0 unspecified atom stereocenters. The van der Waals surface area contributed by atoms with Crippen LogP contribution in [0.3, 0.4) is 0 Å². The van der Waals surface area contributed by atoms with Crippen LogP contribution in [0.4, 0.5) is 0 Å². The number of carbonyl (C=O) groups is 1. The first-order chi connectivity index (χ1) is 15.4. The molecule has 3 aromatic rings. The molecule has 0 bridgehead atoms. The standard InChI is InChI=1S/C23H22ClN3O4S/c1-14-6-5-7-18(22(26-30-4)23(28)29-3)19(14)13-31-25-15(2)20-12-21(32-27-20)16-8-10-17(24)11-9-16/h5-12H,13H2,1-4H3/b25-15+,26-22+. The molecular formula is C23H22ClN3O4S. The summed E-state index contributed by atoms with van der Waals surface area (Å²) < 4.78 is 9.29. The lowest BCUT2D eigenvalue weighted by Gasteiger charge is -2.12. The third-order valence-corrected chi connectivity index (χ3v) is 5.74. The van der Waals surface area contributed by atoms with Crippen molar-refractivity contribution in [1.29, 1.82) is 0 Å². The molecule has 0 atom stereocenters. The van der Waals surface area contributed by atoms with Crippen LogP contribution in [0.5, 0.6) is 0 Å². The van der Waals surface area contributed by atoms with Gasteiger partial charge in [-0.1, -0.05) is 52.2 Å². The summed E-state index contributed by atoms with van der Waals surface area (Å²) in [7, 11) is 2.66. The van der Waals surface area contributed by atoms with E-state index in [2.05, 4.69) is 14.7 Å². The minimum absolute atomic E-state index is 0.0603. The van der Waals surface area contributed by atoms with E-state index in [-0.39, 0.29) is 12.3 Å². The summed E-state index contributed by atoms with van der Waals surface area (Å²) in [6.45, 7) is 3.87. The Balaban J connectivity index is 1.78. The Morgan fingerprint density at radius 2 is 1.88 bits per heavy atom. The van der Waals surface area contributed by atoms with Crippen molar-refractivity contribution < 1.29 is 19.2 Å². The Labute approximate surface area is 195 Å². The number of methoxy groups -OCH3 is 1. The number of benzene rings is 2. The molecule has 0 aliphatic heterocycles. The van der Waals surface area contributed by atoms with E-state index in [4.69, 9.17) is 26.0 Å². The normalized spacial score (nSPS) is 11.9. The van der Waals surface area contributed by atoms with Crippen LogP contribution < -0.4 is 0 Å². The Bertz CT molecular complexity index is 1160. The van der Waals surface area contributed by atoms with E-state index in [1.807, 2.05) is 56.3 Å². The van der Waals surface area contributed by atoms with Gasteiger partial charge in [-0.3, -0.25) is 0 Å². The lowest BCUT2D eigenvalue weighted by atomic mass is 9.99. The van der Waals surface area contributed by atoms with Gasteiger partial charge in [0, 0.05) is 16.1 Å². The summed E-state index contributed by atoms with van der Waals surface area (Å²) in [6, 6.07) is 15.0. The molecule has 0 saturated heterocycles. The monoisotopic (exact) mass is 471 g/mol. The molecule has 0 fully saturated rings. The molecule has 166 valence electrons. The van der Waals surface area contributed by atoms with Crippen molar-refractivity contribution in [2.24, 2.45) is 10.3 Å². The highest BCUT2D eigenvalue weighted by atomic mass is 35.5. The molecule has 7 nitrogen and oxygen atoms in total. The first-order valence-electron chi connectivity index (χ1n) is 9.62. The molecule has 0 spiro atoms. The van der Waals surface area contributed by atoms with Crippen LogP contribution in [0.15, 0.2) is 58.8 Å². The predicted octanol–water partition coefficient (Wildman–Crippen LogP) is 5.24. The van der Waals surface area contributed by atoms with E-state index in [0.29, 0.717) is 16.3 Å². The average Bonchev–Trinajstić information content (AvgIpc) is 3.29. The largest absolute Gasteiger partial charge is 0.464 e. The highest BCUT2D eigenvalue weighted by molar-refractivity contribution is 7.09. The molecule has 0 N–H and O–H groups in total. The minimum Gasteiger partial charge on any atom is -0.464 e. The van der Waals surface area contributed by atoms with Gasteiger partial charge in [0.05, 0.1) is 12.0 Å². The number of aryl methyl sites for hydroxylation is 1. The van der Waals surface area contributed by atoms with Gasteiger partial charge in [-0.15, -0.1) is 0 Å². The second-order valence-electron chi connectivity index (χ2n) is 6.75. The fourth-order valence-electron chi connectivity index (χ4n) is 2.94. The van der Waals surface area contributed by atoms with E-state index in [9.17, 15) is 4.79 Å². The number of hydrogen-bond donors (Lipinski definition) is 0. The number of carbonyl (C=O) groups excluding carboxylic acids is 1. The fraction of sp³-hybridized carbons (Fsp3) is 0.217. The molecule has 0 aliphatic rings. The second-order valence-corrected chi connectivity index (χ2v) is 7.99. The Morgan fingerprint density at radius 3 is 2.56 bits per heavy atom.